The zero-order valence-electron chi connectivity index (χ0n) is 19.4. The van der Waals surface area contributed by atoms with Crippen LogP contribution in [0.2, 0.25) is 0 Å². The van der Waals surface area contributed by atoms with E-state index in [4.69, 9.17) is 5.73 Å². The normalized spacial score (nSPS) is 25.1. The molecular formula is C24H32N6O4. The Hall–Kier alpha value is -2.82. The molecule has 10 nitrogen and oxygen atoms in total. The molecule has 4 aliphatic heterocycles. The number of carbonyl (C=O) groups is 4. The number of rotatable bonds is 5. The molecule has 0 saturated carbocycles. The van der Waals surface area contributed by atoms with Crippen LogP contribution in [0.1, 0.15) is 46.4 Å². The second-order valence-electron chi connectivity index (χ2n) is 9.53. The predicted molar refractivity (Wildman–Crippen MR) is 125 cm³/mol. The van der Waals surface area contributed by atoms with Crippen molar-refractivity contribution in [1.29, 1.82) is 0 Å². The summed E-state index contributed by atoms with van der Waals surface area (Å²) in [5, 5.41) is 2.25. The van der Waals surface area contributed by atoms with E-state index in [1.54, 1.807) is 12.1 Å². The molecule has 1 aromatic carbocycles. The molecule has 0 radical (unpaired) electrons. The Bertz CT molecular complexity index is 997. The van der Waals surface area contributed by atoms with Crippen molar-refractivity contribution < 1.29 is 19.2 Å². The highest BCUT2D eigenvalue weighted by molar-refractivity contribution is 6.25. The lowest BCUT2D eigenvalue weighted by molar-refractivity contribution is -0.136. The number of piperazine rings is 1. The number of hydrogen-bond donors (Lipinski definition) is 2. The van der Waals surface area contributed by atoms with Gasteiger partial charge in [-0.3, -0.25) is 34.3 Å². The topological polar surface area (TPSA) is 119 Å². The highest BCUT2D eigenvalue weighted by Gasteiger charge is 2.46. The number of fused-ring (bicyclic) bond motifs is 1. The van der Waals surface area contributed by atoms with E-state index in [1.807, 2.05) is 6.07 Å². The van der Waals surface area contributed by atoms with E-state index >= 15 is 0 Å². The number of nitrogens with zero attached hydrogens (tertiary/aromatic N) is 4. The molecule has 3 saturated heterocycles. The summed E-state index contributed by atoms with van der Waals surface area (Å²) in [4.78, 5) is 58.6. The van der Waals surface area contributed by atoms with Crippen LogP contribution in [0.3, 0.4) is 0 Å². The quantitative estimate of drug-likeness (QED) is 0.562. The first-order chi connectivity index (χ1) is 16.5. The molecule has 4 amide bonds. The first-order valence-corrected chi connectivity index (χ1v) is 12.2. The smallest absolute Gasteiger partial charge is 0.264 e. The minimum atomic E-state index is -0.945. The van der Waals surface area contributed by atoms with Gasteiger partial charge in [-0.15, -0.1) is 0 Å². The van der Waals surface area contributed by atoms with Crippen LogP contribution in [0.5, 0.6) is 0 Å². The van der Waals surface area contributed by atoms with Gasteiger partial charge in [0.15, 0.2) is 0 Å². The minimum absolute atomic E-state index is 0.115. The maximum absolute atomic E-state index is 13.4. The Morgan fingerprint density at radius 3 is 2.32 bits per heavy atom. The second-order valence-corrected chi connectivity index (χ2v) is 9.53. The SMILES string of the molecule is NCCN1CCC(N2CCN(c3cccc4c3C(=O)N(C3CCC(=O)NC3=O)C4=O)CC2)CC1. The largest absolute Gasteiger partial charge is 0.368 e. The van der Waals surface area contributed by atoms with Gasteiger partial charge in [0, 0.05) is 51.7 Å². The van der Waals surface area contributed by atoms with Crippen molar-refractivity contribution in [2.24, 2.45) is 5.73 Å². The minimum Gasteiger partial charge on any atom is -0.368 e. The van der Waals surface area contributed by atoms with Crippen molar-refractivity contribution in [3.63, 3.8) is 0 Å². The molecule has 34 heavy (non-hydrogen) atoms. The highest BCUT2D eigenvalue weighted by Crippen LogP contribution is 2.35. The summed E-state index contributed by atoms with van der Waals surface area (Å²) in [7, 11) is 0. The molecule has 4 aliphatic rings. The van der Waals surface area contributed by atoms with Crippen molar-refractivity contribution in [3.8, 4) is 0 Å². The second kappa shape index (κ2) is 9.44. The summed E-state index contributed by atoms with van der Waals surface area (Å²) in [6.07, 6.45) is 2.57. The first kappa shape index (κ1) is 22.9. The summed E-state index contributed by atoms with van der Waals surface area (Å²) < 4.78 is 0. The summed E-state index contributed by atoms with van der Waals surface area (Å²) in [5.41, 5.74) is 7.15. The molecule has 1 unspecified atom stereocenters. The van der Waals surface area contributed by atoms with Crippen LogP contribution in [0.4, 0.5) is 5.69 Å². The fraction of sp³-hybridized carbons (Fsp3) is 0.583. The highest BCUT2D eigenvalue weighted by atomic mass is 16.2. The van der Waals surface area contributed by atoms with Gasteiger partial charge in [0.1, 0.15) is 6.04 Å². The molecule has 4 heterocycles. The fourth-order valence-electron chi connectivity index (χ4n) is 5.78. The van der Waals surface area contributed by atoms with Crippen LogP contribution in [0, 0.1) is 0 Å². The van der Waals surface area contributed by atoms with Gasteiger partial charge in [-0.1, -0.05) is 6.07 Å². The van der Waals surface area contributed by atoms with Crippen LogP contribution in [0.15, 0.2) is 18.2 Å². The van der Waals surface area contributed by atoms with Crippen molar-refractivity contribution in [2.75, 3.05) is 57.3 Å². The van der Waals surface area contributed by atoms with E-state index < -0.39 is 23.8 Å². The maximum Gasteiger partial charge on any atom is 0.264 e. The van der Waals surface area contributed by atoms with Crippen LogP contribution in [-0.4, -0.2) is 103 Å². The number of benzene rings is 1. The summed E-state index contributed by atoms with van der Waals surface area (Å²) in [5.74, 6) is -1.86. The van der Waals surface area contributed by atoms with Gasteiger partial charge in [-0.25, -0.2) is 0 Å². The lowest BCUT2D eigenvalue weighted by Gasteiger charge is -2.43. The Labute approximate surface area is 199 Å². The van der Waals surface area contributed by atoms with Gasteiger partial charge >= 0.3 is 0 Å². The van der Waals surface area contributed by atoms with Crippen molar-refractivity contribution in [3.05, 3.63) is 29.3 Å². The molecule has 0 spiro atoms. The van der Waals surface area contributed by atoms with E-state index in [2.05, 4.69) is 20.0 Å². The van der Waals surface area contributed by atoms with Gasteiger partial charge in [-0.05, 0) is 44.5 Å². The Kier molecular flexibility index (Phi) is 6.37. The summed E-state index contributed by atoms with van der Waals surface area (Å²) in [6.45, 7) is 7.20. The molecule has 1 atom stereocenters. The molecule has 1 aromatic rings. The van der Waals surface area contributed by atoms with E-state index in [0.29, 0.717) is 23.7 Å². The van der Waals surface area contributed by atoms with E-state index in [1.165, 1.54) is 0 Å². The molecule has 0 aromatic heterocycles. The Balaban J connectivity index is 1.27. The predicted octanol–water partition coefficient (Wildman–Crippen LogP) is -0.367. The Morgan fingerprint density at radius 1 is 0.912 bits per heavy atom. The number of nitrogens with one attached hydrogen (secondary N) is 1. The average molecular weight is 469 g/mol. The van der Waals surface area contributed by atoms with Crippen LogP contribution < -0.4 is 16.0 Å². The van der Waals surface area contributed by atoms with Gasteiger partial charge < -0.3 is 15.5 Å². The molecule has 0 aliphatic carbocycles. The standard InChI is InChI=1S/C24H32N6O4/c25-8-11-27-9-6-16(7-10-27)28-12-14-29(15-13-28)18-3-1-2-17-21(18)24(34)30(23(17)33)19-4-5-20(31)26-22(19)32/h1-3,16,19H,4-15,25H2,(H,26,31,32). The van der Waals surface area contributed by atoms with Crippen LogP contribution >= 0.6 is 0 Å². The molecule has 5 rings (SSSR count). The maximum atomic E-state index is 13.4. The lowest BCUT2D eigenvalue weighted by atomic mass is 10.0. The summed E-state index contributed by atoms with van der Waals surface area (Å²) >= 11 is 0. The Morgan fingerprint density at radius 2 is 1.65 bits per heavy atom. The van der Waals surface area contributed by atoms with Gasteiger partial charge in [0.05, 0.1) is 16.8 Å². The van der Waals surface area contributed by atoms with E-state index in [9.17, 15) is 19.2 Å². The molecule has 3 fully saturated rings. The van der Waals surface area contributed by atoms with E-state index in [-0.39, 0.29) is 18.7 Å². The average Bonchev–Trinajstić information content (AvgIpc) is 3.10. The zero-order chi connectivity index (χ0) is 23.8. The number of amides is 4. The van der Waals surface area contributed by atoms with Crippen molar-refractivity contribution in [1.82, 2.24) is 20.0 Å². The molecule has 3 N–H and O–H groups in total. The number of carbonyl (C=O) groups excluding carboxylic acids is 4. The molecule has 10 heteroatoms. The monoisotopic (exact) mass is 468 g/mol. The molecule has 182 valence electrons. The summed E-state index contributed by atoms with van der Waals surface area (Å²) in [6, 6.07) is 4.96. The van der Waals surface area contributed by atoms with Crippen molar-refractivity contribution >= 4 is 29.3 Å². The molecule has 0 bridgehead atoms. The number of hydrogen-bond acceptors (Lipinski definition) is 8. The van der Waals surface area contributed by atoms with Gasteiger partial charge in [0.25, 0.3) is 11.8 Å². The number of imide groups is 2. The fourth-order valence-corrected chi connectivity index (χ4v) is 5.78. The third-order valence-corrected chi connectivity index (χ3v) is 7.62. The van der Waals surface area contributed by atoms with Crippen molar-refractivity contribution in [2.45, 2.75) is 37.8 Å². The van der Waals surface area contributed by atoms with E-state index in [0.717, 1.165) is 69.2 Å². The lowest BCUT2D eigenvalue weighted by Crippen LogP contribution is -2.54. The number of likely N-dealkylation sites (tertiary alicyclic amines) is 1. The van der Waals surface area contributed by atoms with Gasteiger partial charge in [0.2, 0.25) is 11.8 Å². The third-order valence-electron chi connectivity index (χ3n) is 7.62. The first-order valence-electron chi connectivity index (χ1n) is 12.2. The van der Waals surface area contributed by atoms with Crippen LogP contribution in [0.25, 0.3) is 0 Å². The zero-order valence-corrected chi connectivity index (χ0v) is 19.4. The third kappa shape index (κ3) is 4.10. The number of anilines is 1. The number of piperidine rings is 2. The van der Waals surface area contributed by atoms with Gasteiger partial charge in [-0.2, -0.15) is 0 Å². The molecular weight excluding hydrogens is 436 g/mol. The number of nitrogens with two attached hydrogens (primary N) is 1. The van der Waals surface area contributed by atoms with Crippen LogP contribution in [-0.2, 0) is 9.59 Å².